The van der Waals surface area contributed by atoms with E-state index in [1.807, 2.05) is 0 Å². The van der Waals surface area contributed by atoms with Crippen LogP contribution in [0, 0.1) is 5.41 Å². The van der Waals surface area contributed by atoms with Crippen molar-refractivity contribution in [2.75, 3.05) is 25.0 Å². The molecular weight excluding hydrogens is 564 g/mol. The third kappa shape index (κ3) is 7.22. The Morgan fingerprint density at radius 2 is 1.77 bits per heavy atom. The number of hydrogen-bond acceptors (Lipinski definition) is 7. The van der Waals surface area contributed by atoms with Gasteiger partial charge < -0.3 is 20.6 Å². The Bertz CT molecular complexity index is 1250. The zero-order valence-electron chi connectivity index (χ0n) is 22.5. The molecule has 2 amide bonds. The van der Waals surface area contributed by atoms with Gasteiger partial charge in [0.25, 0.3) is 11.8 Å². The maximum Gasteiger partial charge on any atom is 0.417 e. The number of aromatic nitrogens is 2. The van der Waals surface area contributed by atoms with Crippen LogP contribution in [-0.2, 0) is 6.18 Å². The van der Waals surface area contributed by atoms with E-state index in [-0.39, 0.29) is 28.2 Å². The number of pyridine rings is 1. The third-order valence-electron chi connectivity index (χ3n) is 6.45. The predicted octanol–water partition coefficient (Wildman–Crippen LogP) is 5.35. The number of carbonyl (C=O) groups excluding carboxylic acids is 2. The topological polar surface area (TPSA) is 107 Å². The van der Waals surface area contributed by atoms with Crippen molar-refractivity contribution in [1.82, 2.24) is 20.2 Å². The van der Waals surface area contributed by atoms with E-state index in [0.29, 0.717) is 36.8 Å². The molecule has 2 aromatic rings. The Morgan fingerprint density at radius 1 is 1.12 bits per heavy atom. The van der Waals surface area contributed by atoms with Gasteiger partial charge in [0, 0.05) is 37.4 Å². The van der Waals surface area contributed by atoms with Gasteiger partial charge >= 0.3 is 12.4 Å². The monoisotopic (exact) mass is 595 g/mol. The fraction of sp³-hybridized carbons (Fsp3) is 0.600. The van der Waals surface area contributed by atoms with E-state index in [9.17, 15) is 41.0 Å². The molecule has 1 aliphatic rings. The van der Waals surface area contributed by atoms with Gasteiger partial charge in [-0.15, -0.1) is 11.3 Å². The van der Waals surface area contributed by atoms with E-state index >= 15 is 0 Å². The molecule has 8 nitrogen and oxygen atoms in total. The number of anilines is 1. The number of alkyl halides is 6. The Hall–Kier alpha value is -2.94. The SMILES string of the molecule is C[C@H]1CCCN1C(=O)c1nc(C(=O)NCC(C)(C)O)sc1-c1cnc(NCC(C)(C)C(F)(F)F)cc1C(F)(F)F. The molecule has 0 bridgehead atoms. The van der Waals surface area contributed by atoms with Crippen molar-refractivity contribution in [2.24, 2.45) is 5.41 Å². The van der Waals surface area contributed by atoms with Gasteiger partial charge in [-0.05, 0) is 53.5 Å². The molecule has 3 N–H and O–H groups in total. The first-order valence-electron chi connectivity index (χ1n) is 12.4. The molecule has 1 aliphatic heterocycles. The van der Waals surface area contributed by atoms with Crippen LogP contribution in [0.15, 0.2) is 12.3 Å². The van der Waals surface area contributed by atoms with Crippen molar-refractivity contribution >= 4 is 29.0 Å². The van der Waals surface area contributed by atoms with Gasteiger partial charge in [0.2, 0.25) is 0 Å². The van der Waals surface area contributed by atoms with Crippen molar-refractivity contribution in [2.45, 2.75) is 71.5 Å². The van der Waals surface area contributed by atoms with E-state index in [1.165, 1.54) is 18.7 Å². The molecule has 0 saturated carbocycles. The molecule has 1 fully saturated rings. The molecule has 3 rings (SSSR count). The smallest absolute Gasteiger partial charge is 0.389 e. The second kappa shape index (κ2) is 11.1. The molecule has 2 aromatic heterocycles. The van der Waals surface area contributed by atoms with E-state index in [0.717, 1.165) is 20.0 Å². The normalized spacial score (nSPS) is 16.8. The van der Waals surface area contributed by atoms with Crippen LogP contribution < -0.4 is 10.6 Å². The molecule has 0 spiro atoms. The number of nitrogens with zero attached hydrogens (tertiary/aromatic N) is 3. The van der Waals surface area contributed by atoms with Gasteiger partial charge in [-0.3, -0.25) is 9.59 Å². The number of likely N-dealkylation sites (tertiary alicyclic amines) is 1. The van der Waals surface area contributed by atoms with Crippen LogP contribution in [0.2, 0.25) is 0 Å². The fourth-order valence-electron chi connectivity index (χ4n) is 3.87. The Labute approximate surface area is 231 Å². The molecule has 0 aromatic carbocycles. The summed E-state index contributed by atoms with van der Waals surface area (Å²) in [5.74, 6) is -1.89. The number of nitrogens with one attached hydrogen (secondary N) is 2. The standard InChI is InChI=1S/C25H31F6N5O3S/c1-13-7-6-8-36(13)21(38)17-18(40-20(35-17)19(37)34-12-23(4,5)39)14-10-32-16(9-15(14)24(26,27)28)33-11-22(2,3)25(29,30)31/h9-10,13,39H,6-8,11-12H2,1-5H3,(H,32,33)(H,34,37)/t13-/m0/s1. The first kappa shape index (κ1) is 31.6. The number of halogens is 6. The molecule has 3 heterocycles. The number of hydrogen-bond donors (Lipinski definition) is 3. The van der Waals surface area contributed by atoms with Crippen LogP contribution in [0.25, 0.3) is 10.4 Å². The Morgan fingerprint density at radius 3 is 2.30 bits per heavy atom. The summed E-state index contributed by atoms with van der Waals surface area (Å²) < 4.78 is 82.4. The van der Waals surface area contributed by atoms with Crippen molar-refractivity contribution in [3.63, 3.8) is 0 Å². The van der Waals surface area contributed by atoms with Gasteiger partial charge in [-0.25, -0.2) is 9.97 Å². The summed E-state index contributed by atoms with van der Waals surface area (Å²) in [4.78, 5) is 35.4. The van der Waals surface area contributed by atoms with Crippen molar-refractivity contribution in [3.05, 3.63) is 28.5 Å². The molecule has 222 valence electrons. The maximum absolute atomic E-state index is 14.2. The van der Waals surface area contributed by atoms with E-state index in [1.54, 1.807) is 6.92 Å². The van der Waals surface area contributed by atoms with E-state index in [2.05, 4.69) is 20.6 Å². The van der Waals surface area contributed by atoms with Crippen LogP contribution in [0.4, 0.5) is 32.2 Å². The van der Waals surface area contributed by atoms with E-state index in [4.69, 9.17) is 0 Å². The highest BCUT2D eigenvalue weighted by atomic mass is 32.1. The average molecular weight is 596 g/mol. The first-order chi connectivity index (χ1) is 18.2. The summed E-state index contributed by atoms with van der Waals surface area (Å²) in [7, 11) is 0. The van der Waals surface area contributed by atoms with Crippen molar-refractivity contribution < 1.29 is 41.0 Å². The van der Waals surface area contributed by atoms with Gasteiger partial charge in [-0.1, -0.05) is 0 Å². The molecule has 1 saturated heterocycles. The number of amides is 2. The van der Waals surface area contributed by atoms with Gasteiger partial charge in [0.05, 0.1) is 21.5 Å². The Balaban J connectivity index is 2.08. The lowest BCUT2D eigenvalue weighted by Crippen LogP contribution is -2.38. The highest BCUT2D eigenvalue weighted by Gasteiger charge is 2.47. The summed E-state index contributed by atoms with van der Waals surface area (Å²) in [6.07, 6.45) is -7.41. The van der Waals surface area contributed by atoms with Crippen LogP contribution in [-0.4, -0.2) is 69.2 Å². The molecule has 1 atom stereocenters. The number of thiazole rings is 1. The van der Waals surface area contributed by atoms with Crippen molar-refractivity contribution in [3.8, 4) is 10.4 Å². The summed E-state index contributed by atoms with van der Waals surface area (Å²) in [6, 6.07) is 0.376. The van der Waals surface area contributed by atoms with E-state index < -0.39 is 58.7 Å². The molecule has 40 heavy (non-hydrogen) atoms. The fourth-order valence-corrected chi connectivity index (χ4v) is 4.86. The summed E-state index contributed by atoms with van der Waals surface area (Å²) in [6.45, 7) is 5.92. The highest BCUT2D eigenvalue weighted by Crippen LogP contribution is 2.42. The van der Waals surface area contributed by atoms with Gasteiger partial charge in [0.1, 0.15) is 11.5 Å². The lowest BCUT2D eigenvalue weighted by atomic mass is 9.93. The highest BCUT2D eigenvalue weighted by molar-refractivity contribution is 7.17. The second-order valence-electron chi connectivity index (χ2n) is 11.0. The molecule has 0 unspecified atom stereocenters. The summed E-state index contributed by atoms with van der Waals surface area (Å²) >= 11 is 0.555. The van der Waals surface area contributed by atoms with Crippen LogP contribution in [0.3, 0.4) is 0 Å². The number of aliphatic hydroxyl groups is 1. The maximum atomic E-state index is 14.2. The molecule has 15 heteroatoms. The average Bonchev–Trinajstić information content (AvgIpc) is 3.45. The van der Waals surface area contributed by atoms with Crippen molar-refractivity contribution in [1.29, 1.82) is 0 Å². The van der Waals surface area contributed by atoms with Crippen LogP contribution in [0.1, 0.15) is 73.3 Å². The lowest BCUT2D eigenvalue weighted by molar-refractivity contribution is -0.206. The third-order valence-corrected chi connectivity index (χ3v) is 7.54. The molecule has 0 aliphatic carbocycles. The van der Waals surface area contributed by atoms with Gasteiger partial charge in [-0.2, -0.15) is 26.3 Å². The predicted molar refractivity (Wildman–Crippen MR) is 137 cm³/mol. The summed E-state index contributed by atoms with van der Waals surface area (Å²) in [5.41, 5.74) is -5.69. The second-order valence-corrected chi connectivity index (χ2v) is 12.0. The lowest BCUT2D eigenvalue weighted by Gasteiger charge is -2.28. The largest absolute Gasteiger partial charge is 0.417 e. The number of rotatable bonds is 8. The first-order valence-corrected chi connectivity index (χ1v) is 13.2. The minimum absolute atomic E-state index is 0.183. The van der Waals surface area contributed by atoms with Crippen LogP contribution in [0.5, 0.6) is 0 Å². The zero-order chi connectivity index (χ0) is 30.3. The quantitative estimate of drug-likeness (QED) is 0.356. The van der Waals surface area contributed by atoms with Crippen LogP contribution >= 0.6 is 11.3 Å². The number of carbonyl (C=O) groups is 2. The molecule has 0 radical (unpaired) electrons. The zero-order valence-corrected chi connectivity index (χ0v) is 23.4. The van der Waals surface area contributed by atoms with Gasteiger partial charge in [0.15, 0.2) is 5.01 Å². The summed E-state index contributed by atoms with van der Waals surface area (Å²) in [5, 5.41) is 14.4. The Kier molecular flexibility index (Phi) is 8.80. The molecular formula is C25H31F6N5O3S. The minimum Gasteiger partial charge on any atom is -0.389 e. The minimum atomic E-state index is -4.98.